The molecule has 27 heavy (non-hydrogen) atoms. The average Bonchev–Trinajstić information content (AvgIpc) is 2.64. The van der Waals surface area contributed by atoms with Crippen LogP contribution in [0, 0.1) is 16.0 Å². The third kappa shape index (κ3) is 5.67. The van der Waals surface area contributed by atoms with Crippen LogP contribution in [0.15, 0.2) is 18.2 Å². The second-order valence-electron chi connectivity index (χ2n) is 7.25. The van der Waals surface area contributed by atoms with Gasteiger partial charge < -0.3 is 15.1 Å². The summed E-state index contributed by atoms with van der Waals surface area (Å²) in [4.78, 5) is 38.4. The number of carbonyl (C=O) groups is 2. The molecule has 1 fully saturated rings. The summed E-state index contributed by atoms with van der Waals surface area (Å²) in [7, 11) is 0. The zero-order valence-corrected chi connectivity index (χ0v) is 16.2. The van der Waals surface area contributed by atoms with Gasteiger partial charge in [-0.25, -0.2) is 0 Å². The van der Waals surface area contributed by atoms with Crippen molar-refractivity contribution in [3.8, 4) is 0 Å². The molecule has 0 aromatic heterocycles. The number of benzene rings is 1. The van der Waals surface area contributed by atoms with Gasteiger partial charge in [-0.1, -0.05) is 13.8 Å². The normalized spacial score (nSPS) is 14.4. The topological polar surface area (TPSA) is 95.8 Å². The number of carbonyl (C=O) groups excluding carboxylic acids is 2. The van der Waals surface area contributed by atoms with E-state index in [2.05, 4.69) is 19.2 Å². The zero-order valence-electron chi connectivity index (χ0n) is 16.2. The molecule has 2 amide bonds. The Morgan fingerprint density at radius 3 is 2.44 bits per heavy atom. The summed E-state index contributed by atoms with van der Waals surface area (Å²) in [5, 5.41) is 14.3. The van der Waals surface area contributed by atoms with Crippen molar-refractivity contribution < 1.29 is 14.5 Å². The van der Waals surface area contributed by atoms with Gasteiger partial charge in [0.2, 0.25) is 5.91 Å². The van der Waals surface area contributed by atoms with Crippen molar-refractivity contribution >= 4 is 23.2 Å². The molecule has 0 saturated carbocycles. The van der Waals surface area contributed by atoms with Gasteiger partial charge in [0.15, 0.2) is 0 Å². The van der Waals surface area contributed by atoms with E-state index in [0.29, 0.717) is 44.3 Å². The van der Waals surface area contributed by atoms with Crippen molar-refractivity contribution in [3.05, 3.63) is 33.9 Å². The van der Waals surface area contributed by atoms with Gasteiger partial charge in [-0.2, -0.15) is 0 Å². The molecule has 0 radical (unpaired) electrons. The average molecular weight is 376 g/mol. The molecule has 0 aliphatic carbocycles. The number of hydrogen-bond acceptors (Lipinski definition) is 5. The third-order valence-corrected chi connectivity index (χ3v) is 4.74. The molecule has 1 aromatic carbocycles. The molecule has 0 bridgehead atoms. The molecule has 148 valence electrons. The quantitative estimate of drug-likeness (QED) is 0.448. The first kappa shape index (κ1) is 20.7. The third-order valence-electron chi connectivity index (χ3n) is 4.74. The molecule has 0 atom stereocenters. The van der Waals surface area contributed by atoms with Crippen molar-refractivity contribution in [2.45, 2.75) is 33.6 Å². The molecule has 0 spiro atoms. The fourth-order valence-corrected chi connectivity index (χ4v) is 3.15. The van der Waals surface area contributed by atoms with Crippen LogP contribution < -0.4 is 10.2 Å². The van der Waals surface area contributed by atoms with Crippen LogP contribution in [0.25, 0.3) is 0 Å². The van der Waals surface area contributed by atoms with E-state index in [9.17, 15) is 19.7 Å². The largest absolute Gasteiger partial charge is 0.362 e. The van der Waals surface area contributed by atoms with Crippen LogP contribution >= 0.6 is 0 Å². The zero-order chi connectivity index (χ0) is 20.0. The van der Waals surface area contributed by atoms with E-state index in [4.69, 9.17) is 0 Å². The van der Waals surface area contributed by atoms with Crippen LogP contribution in [-0.2, 0) is 4.79 Å². The maximum absolute atomic E-state index is 12.3. The van der Waals surface area contributed by atoms with Crippen molar-refractivity contribution in [2.75, 3.05) is 37.6 Å². The maximum atomic E-state index is 12.3. The van der Waals surface area contributed by atoms with Crippen molar-refractivity contribution in [3.63, 3.8) is 0 Å². The summed E-state index contributed by atoms with van der Waals surface area (Å²) in [6, 6.07) is 4.59. The molecule has 0 unspecified atom stereocenters. The molecular weight excluding hydrogens is 348 g/mol. The highest BCUT2D eigenvalue weighted by molar-refractivity contribution is 5.95. The number of nitrogens with one attached hydrogen (secondary N) is 1. The van der Waals surface area contributed by atoms with Crippen LogP contribution in [0.3, 0.4) is 0 Å². The molecule has 1 heterocycles. The standard InChI is InChI=1S/C19H28N4O4/c1-14(2)5-4-8-20-19(25)16-6-7-17(18(13-16)23(26)27)22-11-9-21(10-12-22)15(3)24/h6-7,13-14H,4-5,8-12H2,1-3H3,(H,20,25). The van der Waals surface area contributed by atoms with Crippen molar-refractivity contribution in [2.24, 2.45) is 5.92 Å². The lowest BCUT2D eigenvalue weighted by atomic mass is 10.1. The second-order valence-corrected chi connectivity index (χ2v) is 7.25. The van der Waals surface area contributed by atoms with E-state index in [0.717, 1.165) is 12.8 Å². The molecule has 2 rings (SSSR count). The lowest BCUT2D eigenvalue weighted by molar-refractivity contribution is -0.384. The first-order valence-electron chi connectivity index (χ1n) is 9.36. The maximum Gasteiger partial charge on any atom is 0.293 e. The lowest BCUT2D eigenvalue weighted by Crippen LogP contribution is -2.48. The predicted octanol–water partition coefficient (Wildman–Crippen LogP) is 2.43. The van der Waals surface area contributed by atoms with Crippen LogP contribution in [0.4, 0.5) is 11.4 Å². The molecule has 8 heteroatoms. The number of nitro groups is 1. The number of rotatable bonds is 7. The first-order chi connectivity index (χ1) is 12.8. The predicted molar refractivity (Wildman–Crippen MR) is 104 cm³/mol. The van der Waals surface area contributed by atoms with Gasteiger partial charge in [0.05, 0.1) is 4.92 Å². The highest BCUT2D eigenvalue weighted by Crippen LogP contribution is 2.30. The van der Waals surface area contributed by atoms with E-state index < -0.39 is 4.92 Å². The molecule has 1 aromatic rings. The van der Waals surface area contributed by atoms with E-state index in [1.165, 1.54) is 13.0 Å². The van der Waals surface area contributed by atoms with Crippen molar-refractivity contribution in [1.29, 1.82) is 0 Å². The summed E-state index contributed by atoms with van der Waals surface area (Å²) < 4.78 is 0. The monoisotopic (exact) mass is 376 g/mol. The highest BCUT2D eigenvalue weighted by atomic mass is 16.6. The van der Waals surface area contributed by atoms with Crippen molar-refractivity contribution in [1.82, 2.24) is 10.2 Å². The second kappa shape index (κ2) is 9.34. The minimum atomic E-state index is -0.456. The SMILES string of the molecule is CC(=O)N1CCN(c2ccc(C(=O)NCCCC(C)C)cc2[N+](=O)[O-])CC1. The number of nitro benzene ring substituents is 1. The highest BCUT2D eigenvalue weighted by Gasteiger charge is 2.25. The van der Waals surface area contributed by atoms with Gasteiger partial charge in [-0.15, -0.1) is 0 Å². The Morgan fingerprint density at radius 2 is 1.89 bits per heavy atom. The van der Waals surface area contributed by atoms with Gasteiger partial charge in [-0.3, -0.25) is 19.7 Å². The summed E-state index contributed by atoms with van der Waals surface area (Å²) >= 11 is 0. The van der Waals surface area contributed by atoms with Crippen LogP contribution in [0.1, 0.15) is 44.0 Å². The summed E-state index contributed by atoms with van der Waals surface area (Å²) in [6.45, 7) is 8.45. The minimum Gasteiger partial charge on any atom is -0.362 e. The van der Waals surface area contributed by atoms with Crippen LogP contribution in [0.5, 0.6) is 0 Å². The smallest absolute Gasteiger partial charge is 0.293 e. The number of nitrogens with zero attached hydrogens (tertiary/aromatic N) is 3. The fourth-order valence-electron chi connectivity index (χ4n) is 3.15. The Morgan fingerprint density at radius 1 is 1.22 bits per heavy atom. The Balaban J connectivity index is 2.07. The lowest BCUT2D eigenvalue weighted by Gasteiger charge is -2.35. The number of hydrogen-bond donors (Lipinski definition) is 1. The Kier molecular flexibility index (Phi) is 7.15. The number of anilines is 1. The van der Waals surface area contributed by atoms with E-state index in [1.807, 2.05) is 4.90 Å². The van der Waals surface area contributed by atoms with Gasteiger partial charge in [0.25, 0.3) is 11.6 Å². The molecule has 1 aliphatic heterocycles. The van der Waals surface area contributed by atoms with Crippen LogP contribution in [-0.4, -0.2) is 54.4 Å². The molecular formula is C19H28N4O4. The Labute approximate surface area is 159 Å². The summed E-state index contributed by atoms with van der Waals surface area (Å²) in [6.07, 6.45) is 1.90. The van der Waals surface area contributed by atoms with Gasteiger partial charge >= 0.3 is 0 Å². The first-order valence-corrected chi connectivity index (χ1v) is 9.36. The minimum absolute atomic E-state index is 0.00800. The summed E-state index contributed by atoms with van der Waals surface area (Å²) in [5.74, 6) is 0.286. The van der Waals surface area contributed by atoms with E-state index >= 15 is 0 Å². The van der Waals surface area contributed by atoms with Gasteiger partial charge in [-0.05, 0) is 30.9 Å². The van der Waals surface area contributed by atoms with Gasteiger partial charge in [0.1, 0.15) is 5.69 Å². The Bertz CT molecular complexity index is 697. The van der Waals surface area contributed by atoms with Crippen LogP contribution in [0.2, 0.25) is 0 Å². The molecule has 1 aliphatic rings. The van der Waals surface area contributed by atoms with E-state index in [1.54, 1.807) is 17.0 Å². The van der Waals surface area contributed by atoms with E-state index in [-0.39, 0.29) is 23.1 Å². The molecule has 1 N–H and O–H groups in total. The molecule has 1 saturated heterocycles. The number of amides is 2. The fraction of sp³-hybridized carbons (Fsp3) is 0.579. The van der Waals surface area contributed by atoms with Gasteiger partial charge in [0, 0.05) is 51.3 Å². The Hall–Kier alpha value is -2.64. The summed E-state index contributed by atoms with van der Waals surface area (Å²) in [5.41, 5.74) is 0.693. The number of piperazine rings is 1. The molecule has 8 nitrogen and oxygen atoms in total.